The van der Waals surface area contributed by atoms with E-state index in [1.807, 2.05) is 23.6 Å². The maximum Gasteiger partial charge on any atom is 0.268 e. The van der Waals surface area contributed by atoms with Crippen molar-refractivity contribution < 1.29 is 14.3 Å². The van der Waals surface area contributed by atoms with Crippen molar-refractivity contribution in [2.24, 2.45) is 5.84 Å². The molecule has 0 saturated heterocycles. The van der Waals surface area contributed by atoms with Gasteiger partial charge >= 0.3 is 0 Å². The van der Waals surface area contributed by atoms with Crippen LogP contribution in [-0.2, 0) is 16.0 Å². The molecular formula is C17H18N4O3. The number of fused-ring (bicyclic) bond motifs is 1. The van der Waals surface area contributed by atoms with Crippen LogP contribution in [0.2, 0.25) is 0 Å². The van der Waals surface area contributed by atoms with Gasteiger partial charge in [-0.2, -0.15) is 0 Å². The lowest BCUT2D eigenvalue weighted by molar-refractivity contribution is -0.128. The smallest absolute Gasteiger partial charge is 0.268 e. The fourth-order valence-electron chi connectivity index (χ4n) is 2.69. The summed E-state index contributed by atoms with van der Waals surface area (Å²) in [5.74, 6) is 4.95. The van der Waals surface area contributed by atoms with E-state index >= 15 is 0 Å². The minimum Gasteiger partial charge on any atom is -0.478 e. The molecule has 7 heteroatoms. The van der Waals surface area contributed by atoms with Gasteiger partial charge < -0.3 is 10.5 Å². The Morgan fingerprint density at radius 1 is 1.21 bits per heavy atom. The van der Waals surface area contributed by atoms with Crippen LogP contribution in [0.3, 0.4) is 0 Å². The summed E-state index contributed by atoms with van der Waals surface area (Å²) >= 11 is 0. The number of rotatable bonds is 4. The monoisotopic (exact) mass is 326 g/mol. The molecule has 1 aliphatic heterocycles. The summed E-state index contributed by atoms with van der Waals surface area (Å²) in [5.41, 5.74) is 9.89. The SMILES string of the molecule is NNC(=O)CN1C(=O)C(Cc2cccc(N)c2)Oc2ccccc21. The Morgan fingerprint density at radius 2 is 2.00 bits per heavy atom. The van der Waals surface area contributed by atoms with Crippen molar-refractivity contribution in [2.75, 3.05) is 17.2 Å². The van der Waals surface area contributed by atoms with Crippen LogP contribution in [0.15, 0.2) is 48.5 Å². The lowest BCUT2D eigenvalue weighted by Crippen LogP contribution is -2.51. The van der Waals surface area contributed by atoms with Gasteiger partial charge in [0.05, 0.1) is 5.69 Å². The highest BCUT2D eigenvalue weighted by Crippen LogP contribution is 2.34. The molecule has 7 nitrogen and oxygen atoms in total. The molecule has 124 valence electrons. The second-order valence-corrected chi connectivity index (χ2v) is 5.52. The van der Waals surface area contributed by atoms with Crippen LogP contribution in [0.5, 0.6) is 5.75 Å². The van der Waals surface area contributed by atoms with Gasteiger partial charge in [0, 0.05) is 12.1 Å². The fraction of sp³-hybridized carbons (Fsp3) is 0.176. The molecule has 1 aliphatic rings. The van der Waals surface area contributed by atoms with Crippen molar-refractivity contribution in [1.29, 1.82) is 0 Å². The van der Waals surface area contributed by atoms with E-state index in [0.717, 1.165) is 5.56 Å². The molecule has 1 atom stereocenters. The number of para-hydroxylation sites is 2. The molecule has 0 fully saturated rings. The highest BCUT2D eigenvalue weighted by Gasteiger charge is 2.35. The Bertz CT molecular complexity index is 778. The molecular weight excluding hydrogens is 308 g/mol. The Morgan fingerprint density at radius 3 is 2.75 bits per heavy atom. The van der Waals surface area contributed by atoms with Crippen LogP contribution in [-0.4, -0.2) is 24.5 Å². The first-order valence-corrected chi connectivity index (χ1v) is 7.49. The van der Waals surface area contributed by atoms with Gasteiger partial charge in [0.15, 0.2) is 6.10 Å². The van der Waals surface area contributed by atoms with E-state index in [0.29, 0.717) is 23.5 Å². The standard InChI is InChI=1S/C17H18N4O3/c18-12-5-3-4-11(8-12)9-15-17(23)21(10-16(22)20-19)13-6-1-2-7-14(13)24-15/h1-8,15H,9-10,18-19H2,(H,20,22). The number of nitrogens with zero attached hydrogens (tertiary/aromatic N) is 1. The van der Waals surface area contributed by atoms with Crippen molar-refractivity contribution in [3.05, 3.63) is 54.1 Å². The molecule has 0 radical (unpaired) electrons. The molecule has 1 heterocycles. The van der Waals surface area contributed by atoms with E-state index in [1.54, 1.807) is 30.3 Å². The molecule has 2 aromatic rings. The maximum atomic E-state index is 12.8. The van der Waals surface area contributed by atoms with Gasteiger partial charge in [0.2, 0.25) is 0 Å². The van der Waals surface area contributed by atoms with Gasteiger partial charge in [-0.3, -0.25) is 19.9 Å². The number of ether oxygens (including phenoxy) is 1. The lowest BCUT2D eigenvalue weighted by atomic mass is 10.0. The van der Waals surface area contributed by atoms with Crippen molar-refractivity contribution in [1.82, 2.24) is 5.43 Å². The number of amides is 2. The third-order valence-electron chi connectivity index (χ3n) is 3.80. The molecule has 2 amide bonds. The van der Waals surface area contributed by atoms with Gasteiger partial charge in [0.25, 0.3) is 11.8 Å². The van der Waals surface area contributed by atoms with Crippen LogP contribution in [0.25, 0.3) is 0 Å². The Kier molecular flexibility index (Phi) is 4.35. The van der Waals surface area contributed by atoms with Crippen molar-refractivity contribution in [3.8, 4) is 5.75 Å². The van der Waals surface area contributed by atoms with E-state index in [9.17, 15) is 9.59 Å². The number of carbonyl (C=O) groups is 2. The van der Waals surface area contributed by atoms with Crippen LogP contribution in [0, 0.1) is 0 Å². The normalized spacial score (nSPS) is 16.3. The van der Waals surface area contributed by atoms with Gasteiger partial charge in [-0.25, -0.2) is 5.84 Å². The summed E-state index contributed by atoms with van der Waals surface area (Å²) < 4.78 is 5.84. The molecule has 2 aromatic carbocycles. The number of benzene rings is 2. The topological polar surface area (TPSA) is 111 Å². The predicted molar refractivity (Wildman–Crippen MR) is 90.1 cm³/mol. The van der Waals surface area contributed by atoms with Crippen LogP contribution < -0.4 is 26.6 Å². The summed E-state index contributed by atoms with van der Waals surface area (Å²) in [6.07, 6.45) is -0.369. The van der Waals surface area contributed by atoms with E-state index in [-0.39, 0.29) is 12.5 Å². The van der Waals surface area contributed by atoms with Gasteiger partial charge in [-0.1, -0.05) is 24.3 Å². The average Bonchev–Trinajstić information content (AvgIpc) is 2.58. The van der Waals surface area contributed by atoms with E-state index in [1.165, 1.54) is 4.90 Å². The summed E-state index contributed by atoms with van der Waals surface area (Å²) in [6.45, 7) is -0.164. The van der Waals surface area contributed by atoms with E-state index < -0.39 is 12.0 Å². The Balaban J connectivity index is 1.89. The number of nitrogens with two attached hydrogens (primary N) is 2. The number of hydrogen-bond donors (Lipinski definition) is 3. The lowest BCUT2D eigenvalue weighted by Gasteiger charge is -2.34. The third-order valence-corrected chi connectivity index (χ3v) is 3.80. The summed E-state index contributed by atoms with van der Waals surface area (Å²) in [4.78, 5) is 25.8. The zero-order valence-electron chi connectivity index (χ0n) is 12.9. The van der Waals surface area contributed by atoms with Gasteiger partial charge in [-0.05, 0) is 29.8 Å². The summed E-state index contributed by atoms with van der Waals surface area (Å²) in [7, 11) is 0. The molecule has 0 aromatic heterocycles. The van der Waals surface area contributed by atoms with Crippen LogP contribution >= 0.6 is 0 Å². The van der Waals surface area contributed by atoms with Gasteiger partial charge in [0.1, 0.15) is 12.3 Å². The maximum absolute atomic E-state index is 12.8. The molecule has 0 bridgehead atoms. The minimum atomic E-state index is -0.729. The number of nitrogen functional groups attached to an aromatic ring is 1. The number of hydrogen-bond acceptors (Lipinski definition) is 5. The Hall–Kier alpha value is -3.06. The van der Waals surface area contributed by atoms with Gasteiger partial charge in [-0.15, -0.1) is 0 Å². The van der Waals surface area contributed by atoms with Crippen molar-refractivity contribution in [3.63, 3.8) is 0 Å². The molecule has 0 spiro atoms. The first kappa shape index (κ1) is 15.8. The molecule has 0 aliphatic carbocycles. The molecule has 0 saturated carbocycles. The quantitative estimate of drug-likeness (QED) is 0.330. The van der Waals surface area contributed by atoms with Crippen molar-refractivity contribution in [2.45, 2.75) is 12.5 Å². The Labute approximate surface area is 139 Å². The van der Waals surface area contributed by atoms with Crippen LogP contribution in [0.4, 0.5) is 11.4 Å². The number of carbonyl (C=O) groups excluding carboxylic acids is 2. The molecule has 3 rings (SSSR count). The number of nitrogens with one attached hydrogen (secondary N) is 1. The zero-order valence-corrected chi connectivity index (χ0v) is 12.9. The fourth-order valence-corrected chi connectivity index (χ4v) is 2.69. The molecule has 1 unspecified atom stereocenters. The molecule has 5 N–H and O–H groups in total. The van der Waals surface area contributed by atoms with Crippen molar-refractivity contribution >= 4 is 23.2 Å². The number of anilines is 2. The third kappa shape index (κ3) is 3.16. The number of hydrazine groups is 1. The second-order valence-electron chi connectivity index (χ2n) is 5.52. The largest absolute Gasteiger partial charge is 0.478 e. The van der Waals surface area contributed by atoms with E-state index in [4.69, 9.17) is 16.3 Å². The molecule has 24 heavy (non-hydrogen) atoms. The predicted octanol–water partition coefficient (Wildman–Crippen LogP) is 0.595. The second kappa shape index (κ2) is 6.59. The average molecular weight is 326 g/mol. The highest BCUT2D eigenvalue weighted by atomic mass is 16.5. The first-order valence-electron chi connectivity index (χ1n) is 7.49. The highest BCUT2D eigenvalue weighted by molar-refractivity contribution is 6.03. The summed E-state index contributed by atoms with van der Waals surface area (Å²) in [5, 5.41) is 0. The first-order chi connectivity index (χ1) is 11.6. The van der Waals surface area contributed by atoms with E-state index in [2.05, 4.69) is 0 Å². The zero-order chi connectivity index (χ0) is 17.1. The van der Waals surface area contributed by atoms with Crippen LogP contribution in [0.1, 0.15) is 5.56 Å². The summed E-state index contributed by atoms with van der Waals surface area (Å²) in [6, 6.07) is 14.4. The minimum absolute atomic E-state index is 0.164.